The molecule has 2 aromatic heterocycles. The fourth-order valence-electron chi connectivity index (χ4n) is 2.19. The smallest absolute Gasteiger partial charge is 0.171 e. The molecule has 7 heteroatoms. The lowest BCUT2D eigenvalue weighted by molar-refractivity contribution is 0.571. The van der Waals surface area contributed by atoms with Crippen molar-refractivity contribution in [1.29, 1.82) is 0 Å². The van der Waals surface area contributed by atoms with Crippen molar-refractivity contribution in [3.05, 3.63) is 59.1 Å². The van der Waals surface area contributed by atoms with Gasteiger partial charge in [-0.3, -0.25) is 0 Å². The summed E-state index contributed by atoms with van der Waals surface area (Å²) in [7, 11) is 0. The van der Waals surface area contributed by atoms with Crippen LogP contribution in [-0.2, 0) is 13.1 Å². The highest BCUT2D eigenvalue weighted by Gasteiger charge is 2.11. The van der Waals surface area contributed by atoms with Crippen LogP contribution in [0.15, 0.2) is 30.5 Å². The van der Waals surface area contributed by atoms with E-state index in [-0.39, 0.29) is 5.82 Å². The molecule has 0 spiro atoms. The summed E-state index contributed by atoms with van der Waals surface area (Å²) in [6, 6.07) is 6.67. The third-order valence-electron chi connectivity index (χ3n) is 3.44. The fraction of sp³-hybridized carbons (Fsp3) is 0.267. The molecule has 6 nitrogen and oxygen atoms in total. The van der Waals surface area contributed by atoms with Crippen molar-refractivity contribution in [3.63, 3.8) is 0 Å². The zero-order valence-corrected chi connectivity index (χ0v) is 12.5. The van der Waals surface area contributed by atoms with Crippen LogP contribution in [-0.4, -0.2) is 25.0 Å². The third-order valence-corrected chi connectivity index (χ3v) is 3.44. The maximum absolute atomic E-state index is 13.7. The second-order valence-corrected chi connectivity index (χ2v) is 5.14. The number of nitrogens with zero attached hydrogens (tertiary/aromatic N) is 4. The van der Waals surface area contributed by atoms with Gasteiger partial charge in [-0.05, 0) is 19.9 Å². The second-order valence-electron chi connectivity index (χ2n) is 5.14. The van der Waals surface area contributed by atoms with Crippen LogP contribution in [0.2, 0.25) is 0 Å². The van der Waals surface area contributed by atoms with Crippen LogP contribution in [0.5, 0.6) is 0 Å². The summed E-state index contributed by atoms with van der Waals surface area (Å²) in [5, 5.41) is 11.4. The van der Waals surface area contributed by atoms with Crippen molar-refractivity contribution in [3.8, 4) is 0 Å². The Balaban J connectivity index is 1.70. The third kappa shape index (κ3) is 2.98. The van der Waals surface area contributed by atoms with E-state index in [9.17, 15) is 4.39 Å². The van der Waals surface area contributed by atoms with Crippen molar-refractivity contribution in [2.75, 3.05) is 5.32 Å². The molecule has 0 radical (unpaired) electrons. The molecule has 2 heterocycles. The molecule has 114 valence electrons. The Labute approximate surface area is 127 Å². The number of aromatic amines is 1. The molecule has 0 fully saturated rings. The molecule has 0 bridgehead atoms. The normalized spacial score (nSPS) is 10.9. The van der Waals surface area contributed by atoms with E-state index < -0.39 is 0 Å². The summed E-state index contributed by atoms with van der Waals surface area (Å²) in [5.74, 6) is 1.27. The van der Waals surface area contributed by atoms with E-state index in [0.717, 1.165) is 17.2 Å². The maximum Gasteiger partial charge on any atom is 0.171 e. The SMILES string of the molecule is Cc1cnc(CNc2nnn(Cc3ccccc3F)c2C)[nH]1. The average molecular weight is 300 g/mol. The number of rotatable bonds is 5. The van der Waals surface area contributed by atoms with E-state index in [2.05, 4.69) is 25.6 Å². The molecule has 0 aliphatic rings. The number of benzene rings is 1. The monoisotopic (exact) mass is 300 g/mol. The number of H-pyrrole nitrogens is 1. The lowest BCUT2D eigenvalue weighted by Gasteiger charge is -2.06. The van der Waals surface area contributed by atoms with Gasteiger partial charge in [0.2, 0.25) is 0 Å². The van der Waals surface area contributed by atoms with E-state index >= 15 is 0 Å². The van der Waals surface area contributed by atoms with Gasteiger partial charge in [0.15, 0.2) is 5.82 Å². The molecule has 0 aliphatic carbocycles. The van der Waals surface area contributed by atoms with Gasteiger partial charge in [-0.2, -0.15) is 0 Å². The van der Waals surface area contributed by atoms with Crippen LogP contribution in [0.25, 0.3) is 0 Å². The van der Waals surface area contributed by atoms with Crippen molar-refractivity contribution >= 4 is 5.82 Å². The number of nitrogens with one attached hydrogen (secondary N) is 2. The summed E-state index contributed by atoms with van der Waals surface area (Å²) in [5.41, 5.74) is 2.45. The zero-order valence-electron chi connectivity index (χ0n) is 12.5. The minimum Gasteiger partial charge on any atom is -0.360 e. The minimum absolute atomic E-state index is 0.238. The molecule has 0 amide bonds. The Morgan fingerprint density at radius 1 is 1.27 bits per heavy atom. The number of aromatic nitrogens is 5. The van der Waals surface area contributed by atoms with Crippen molar-refractivity contribution in [2.45, 2.75) is 26.9 Å². The van der Waals surface area contributed by atoms with E-state index in [4.69, 9.17) is 0 Å². The number of hydrogen-bond acceptors (Lipinski definition) is 4. The zero-order chi connectivity index (χ0) is 15.5. The molecule has 0 atom stereocenters. The van der Waals surface area contributed by atoms with E-state index in [1.54, 1.807) is 23.0 Å². The Kier molecular flexibility index (Phi) is 3.86. The summed E-state index contributed by atoms with van der Waals surface area (Å²) < 4.78 is 15.4. The first-order chi connectivity index (χ1) is 10.6. The molecule has 0 unspecified atom stereocenters. The molecule has 22 heavy (non-hydrogen) atoms. The Morgan fingerprint density at radius 2 is 2.09 bits per heavy atom. The average Bonchev–Trinajstić information content (AvgIpc) is 3.07. The molecular weight excluding hydrogens is 283 g/mol. The van der Waals surface area contributed by atoms with Gasteiger partial charge in [0.05, 0.1) is 18.8 Å². The van der Waals surface area contributed by atoms with Crippen LogP contribution < -0.4 is 5.32 Å². The van der Waals surface area contributed by atoms with Crippen LogP contribution in [0.1, 0.15) is 22.8 Å². The number of anilines is 1. The summed E-state index contributed by atoms with van der Waals surface area (Å²) in [6.45, 7) is 4.74. The van der Waals surface area contributed by atoms with Gasteiger partial charge in [-0.25, -0.2) is 14.1 Å². The molecule has 0 aliphatic heterocycles. The Morgan fingerprint density at radius 3 is 2.82 bits per heavy atom. The fourth-order valence-corrected chi connectivity index (χ4v) is 2.19. The number of hydrogen-bond donors (Lipinski definition) is 2. The van der Waals surface area contributed by atoms with Gasteiger partial charge < -0.3 is 10.3 Å². The van der Waals surface area contributed by atoms with Crippen molar-refractivity contribution in [2.24, 2.45) is 0 Å². The second kappa shape index (κ2) is 5.97. The summed E-state index contributed by atoms with van der Waals surface area (Å²) in [6.07, 6.45) is 1.78. The van der Waals surface area contributed by atoms with E-state index in [1.807, 2.05) is 19.9 Å². The molecule has 2 N–H and O–H groups in total. The highest BCUT2D eigenvalue weighted by atomic mass is 19.1. The van der Waals surface area contributed by atoms with Crippen LogP contribution in [0, 0.1) is 19.7 Å². The van der Waals surface area contributed by atoms with Gasteiger partial charge in [-0.15, -0.1) is 5.10 Å². The number of imidazole rings is 1. The van der Waals surface area contributed by atoms with E-state index in [1.165, 1.54) is 6.07 Å². The molecular formula is C15H17FN6. The predicted molar refractivity (Wildman–Crippen MR) is 80.9 cm³/mol. The number of aryl methyl sites for hydroxylation is 1. The van der Waals surface area contributed by atoms with Crippen LogP contribution in [0.3, 0.4) is 0 Å². The number of halogens is 1. The van der Waals surface area contributed by atoms with Gasteiger partial charge in [0.1, 0.15) is 11.6 Å². The maximum atomic E-state index is 13.7. The van der Waals surface area contributed by atoms with Crippen molar-refractivity contribution < 1.29 is 4.39 Å². The van der Waals surface area contributed by atoms with Gasteiger partial charge in [0, 0.05) is 17.5 Å². The van der Waals surface area contributed by atoms with Crippen LogP contribution in [0.4, 0.5) is 10.2 Å². The molecule has 3 rings (SSSR count). The van der Waals surface area contributed by atoms with Crippen LogP contribution >= 0.6 is 0 Å². The Bertz CT molecular complexity index is 776. The lowest BCUT2D eigenvalue weighted by Crippen LogP contribution is -2.07. The highest BCUT2D eigenvalue weighted by Crippen LogP contribution is 2.14. The topological polar surface area (TPSA) is 71.4 Å². The van der Waals surface area contributed by atoms with Crippen molar-refractivity contribution in [1.82, 2.24) is 25.0 Å². The first-order valence-electron chi connectivity index (χ1n) is 7.01. The quantitative estimate of drug-likeness (QED) is 0.759. The predicted octanol–water partition coefficient (Wildman–Crippen LogP) is 2.42. The molecule has 0 saturated heterocycles. The largest absolute Gasteiger partial charge is 0.360 e. The lowest BCUT2D eigenvalue weighted by atomic mass is 10.2. The summed E-state index contributed by atoms with van der Waals surface area (Å²) >= 11 is 0. The molecule has 0 saturated carbocycles. The Hall–Kier alpha value is -2.70. The van der Waals surface area contributed by atoms with Gasteiger partial charge in [0.25, 0.3) is 0 Å². The molecule has 3 aromatic rings. The summed E-state index contributed by atoms with van der Waals surface area (Å²) in [4.78, 5) is 7.37. The molecule has 1 aromatic carbocycles. The first-order valence-corrected chi connectivity index (χ1v) is 7.01. The standard InChI is InChI=1S/C15H17FN6/c1-10-7-17-14(19-10)8-18-15-11(2)22(21-20-15)9-12-5-3-4-6-13(12)16/h3-7,18H,8-9H2,1-2H3,(H,17,19). The first kappa shape index (κ1) is 14.2. The van der Waals surface area contributed by atoms with E-state index in [0.29, 0.717) is 24.5 Å². The highest BCUT2D eigenvalue weighted by molar-refractivity contribution is 5.38. The van der Waals surface area contributed by atoms with Gasteiger partial charge >= 0.3 is 0 Å². The van der Waals surface area contributed by atoms with Gasteiger partial charge in [-0.1, -0.05) is 23.4 Å². The minimum atomic E-state index is -0.238.